The predicted octanol–water partition coefficient (Wildman–Crippen LogP) is 6.53. The highest BCUT2D eigenvalue weighted by atomic mass is 35.5. The number of piperazine rings is 1. The topological polar surface area (TPSA) is 43.8 Å². The van der Waals surface area contributed by atoms with E-state index in [0.29, 0.717) is 46.6 Å². The zero-order chi connectivity index (χ0) is 23.9. The fourth-order valence-electron chi connectivity index (χ4n) is 4.30. The van der Waals surface area contributed by atoms with Crippen LogP contribution in [0, 0.1) is 5.82 Å². The summed E-state index contributed by atoms with van der Waals surface area (Å²) >= 11 is 0.601. The summed E-state index contributed by atoms with van der Waals surface area (Å²) in [4.78, 5) is 13.1. The van der Waals surface area contributed by atoms with Crippen LogP contribution in [-0.4, -0.2) is 53.3 Å². The van der Waals surface area contributed by atoms with Crippen LogP contribution in [0.1, 0.15) is 22.7 Å². The van der Waals surface area contributed by atoms with Crippen LogP contribution in [-0.2, 0) is 12.6 Å². The Balaban J connectivity index is 0.00000180. The van der Waals surface area contributed by atoms with Crippen LogP contribution in [0.3, 0.4) is 0 Å². The van der Waals surface area contributed by atoms with E-state index in [1.807, 2.05) is 23.1 Å². The van der Waals surface area contributed by atoms with Crippen LogP contribution in [0.15, 0.2) is 53.5 Å². The van der Waals surface area contributed by atoms with Gasteiger partial charge in [-0.05, 0) is 49.7 Å². The number of aryl methyl sites for hydroxylation is 1. The maximum atomic E-state index is 13.5. The number of aromatic nitrogens is 1. The molecule has 1 unspecified atom stereocenters. The number of para-hydroxylation sites is 2. The summed E-state index contributed by atoms with van der Waals surface area (Å²) in [6, 6.07) is 14.0. The van der Waals surface area contributed by atoms with E-state index in [1.165, 1.54) is 12.1 Å². The normalized spacial score (nSPS) is 17.5. The molecule has 5 rings (SSSR count). The number of thiazole rings is 1. The van der Waals surface area contributed by atoms with Gasteiger partial charge in [0, 0.05) is 25.7 Å². The molecular weight excluding hydrogens is 537 g/mol. The molecule has 0 aliphatic carbocycles. The summed E-state index contributed by atoms with van der Waals surface area (Å²) in [5.74, 6) is 0.196. The van der Waals surface area contributed by atoms with E-state index in [2.05, 4.69) is 22.2 Å². The number of halogens is 6. The maximum Gasteiger partial charge on any atom is 0.443 e. The molecule has 2 aromatic carbocycles. The second-order valence-electron chi connectivity index (χ2n) is 8.52. The highest BCUT2D eigenvalue weighted by molar-refractivity contribution is 7.16. The van der Waals surface area contributed by atoms with Gasteiger partial charge in [0.1, 0.15) is 16.5 Å². The Hall–Kier alpha value is -2.40. The SMILES string of the molecule is CN1CCN(C2=Nc3ccccc3Nc3sc(C(F)(F)F)nc32)CC1CCc1ccc(F)cc1.Cl.Cl. The minimum atomic E-state index is -4.52. The van der Waals surface area contributed by atoms with Gasteiger partial charge in [0.15, 0.2) is 5.84 Å². The molecule has 1 atom stereocenters. The number of amidine groups is 1. The molecule has 36 heavy (non-hydrogen) atoms. The van der Waals surface area contributed by atoms with Crippen molar-refractivity contribution in [1.29, 1.82) is 0 Å². The Kier molecular flexibility index (Phi) is 8.87. The molecule has 0 saturated carbocycles. The van der Waals surface area contributed by atoms with E-state index in [0.717, 1.165) is 24.9 Å². The molecule has 1 saturated heterocycles. The Morgan fingerprint density at radius 2 is 1.78 bits per heavy atom. The first-order chi connectivity index (χ1) is 16.3. The molecule has 12 heteroatoms. The third-order valence-corrected chi connectivity index (χ3v) is 7.23. The number of likely N-dealkylation sites (N-methyl/N-ethyl adjacent to an activating group) is 1. The van der Waals surface area contributed by atoms with Gasteiger partial charge in [0.05, 0.1) is 11.4 Å². The Bertz CT molecular complexity index is 1220. The number of anilines is 2. The Morgan fingerprint density at radius 1 is 1.06 bits per heavy atom. The lowest BCUT2D eigenvalue weighted by atomic mass is 10.0. The van der Waals surface area contributed by atoms with Gasteiger partial charge in [-0.3, -0.25) is 4.90 Å². The number of benzene rings is 2. The second-order valence-corrected chi connectivity index (χ2v) is 9.52. The van der Waals surface area contributed by atoms with Crippen LogP contribution >= 0.6 is 36.2 Å². The van der Waals surface area contributed by atoms with Crippen LogP contribution in [0.4, 0.5) is 33.9 Å². The molecule has 194 valence electrons. The molecule has 0 spiro atoms. The largest absolute Gasteiger partial charge is 0.443 e. The number of alkyl halides is 3. The smallest absolute Gasteiger partial charge is 0.352 e. The molecule has 1 aromatic heterocycles. The van der Waals surface area contributed by atoms with E-state index in [1.54, 1.807) is 18.2 Å². The van der Waals surface area contributed by atoms with Crippen molar-refractivity contribution in [2.75, 3.05) is 32.0 Å². The van der Waals surface area contributed by atoms with E-state index >= 15 is 0 Å². The molecule has 5 nitrogen and oxygen atoms in total. The van der Waals surface area contributed by atoms with Crippen molar-refractivity contribution in [3.63, 3.8) is 0 Å². The monoisotopic (exact) mass is 561 g/mol. The molecule has 2 aliphatic rings. The zero-order valence-electron chi connectivity index (χ0n) is 19.3. The van der Waals surface area contributed by atoms with Gasteiger partial charge in [-0.1, -0.05) is 35.6 Å². The first kappa shape index (κ1) is 28.2. The Morgan fingerprint density at radius 3 is 2.50 bits per heavy atom. The number of fused-ring (bicyclic) bond motifs is 2. The van der Waals surface area contributed by atoms with Gasteiger partial charge in [0.2, 0.25) is 5.01 Å². The molecule has 3 heterocycles. The number of hydrogen-bond acceptors (Lipinski definition) is 6. The van der Waals surface area contributed by atoms with Gasteiger partial charge >= 0.3 is 6.18 Å². The summed E-state index contributed by atoms with van der Waals surface area (Å²) in [7, 11) is 2.05. The molecule has 1 fully saturated rings. The van der Waals surface area contributed by atoms with Crippen molar-refractivity contribution in [3.8, 4) is 0 Å². The standard InChI is InChI=1S/C24H23F4N5S.2ClH/c1-32-12-13-33(14-17(32)11-8-15-6-9-16(25)10-7-15)21-20-22(34-23(31-20)24(26,27)28)30-19-5-3-2-4-18(19)29-21;;/h2-7,9-10,17,30H,8,11-14H2,1H3;2*1H. The van der Waals surface area contributed by atoms with Gasteiger partial charge < -0.3 is 10.2 Å². The third-order valence-electron chi connectivity index (χ3n) is 6.22. The predicted molar refractivity (Wildman–Crippen MR) is 140 cm³/mol. The van der Waals surface area contributed by atoms with Gasteiger partial charge in [-0.15, -0.1) is 24.8 Å². The number of hydrogen-bond donors (Lipinski definition) is 1. The molecular formula is C24H25Cl2F4N5S. The molecule has 2 aliphatic heterocycles. The minimum absolute atomic E-state index is 0. The average molecular weight is 562 g/mol. The first-order valence-corrected chi connectivity index (χ1v) is 11.8. The minimum Gasteiger partial charge on any atom is -0.352 e. The quantitative estimate of drug-likeness (QED) is 0.369. The van der Waals surface area contributed by atoms with Crippen LogP contribution in [0.2, 0.25) is 0 Å². The molecule has 0 amide bonds. The van der Waals surface area contributed by atoms with E-state index in [-0.39, 0.29) is 42.4 Å². The molecule has 0 bridgehead atoms. The lowest BCUT2D eigenvalue weighted by Crippen LogP contribution is -2.53. The summed E-state index contributed by atoms with van der Waals surface area (Å²) < 4.78 is 53.7. The van der Waals surface area contributed by atoms with Crippen molar-refractivity contribution < 1.29 is 17.6 Å². The second kappa shape index (κ2) is 11.3. The van der Waals surface area contributed by atoms with E-state index < -0.39 is 11.2 Å². The number of aliphatic imine (C=N–C) groups is 1. The van der Waals surface area contributed by atoms with Gasteiger partial charge in [-0.25, -0.2) is 14.4 Å². The van der Waals surface area contributed by atoms with Crippen LogP contribution in [0.25, 0.3) is 0 Å². The summed E-state index contributed by atoms with van der Waals surface area (Å²) in [5.41, 5.74) is 2.60. The lowest BCUT2D eigenvalue weighted by molar-refractivity contribution is -0.137. The number of rotatable bonds is 3. The van der Waals surface area contributed by atoms with Gasteiger partial charge in [0.25, 0.3) is 0 Å². The van der Waals surface area contributed by atoms with E-state index in [4.69, 9.17) is 4.99 Å². The molecule has 0 radical (unpaired) electrons. The van der Waals surface area contributed by atoms with Crippen LogP contribution in [0.5, 0.6) is 0 Å². The van der Waals surface area contributed by atoms with Gasteiger partial charge in [-0.2, -0.15) is 13.2 Å². The highest BCUT2D eigenvalue weighted by Crippen LogP contribution is 2.42. The Labute approximate surface area is 223 Å². The van der Waals surface area contributed by atoms with Crippen molar-refractivity contribution >= 4 is 58.4 Å². The van der Waals surface area contributed by atoms with Crippen molar-refractivity contribution in [1.82, 2.24) is 14.8 Å². The lowest BCUT2D eigenvalue weighted by Gasteiger charge is -2.40. The fraction of sp³-hybridized carbons (Fsp3) is 0.333. The van der Waals surface area contributed by atoms with Crippen molar-refractivity contribution in [3.05, 3.63) is 70.6 Å². The third kappa shape index (κ3) is 5.94. The summed E-state index contributed by atoms with van der Waals surface area (Å²) in [6.07, 6.45) is -2.92. The first-order valence-electron chi connectivity index (χ1n) is 11.0. The van der Waals surface area contributed by atoms with Crippen LogP contribution < -0.4 is 5.32 Å². The van der Waals surface area contributed by atoms with Crippen molar-refractivity contribution in [2.24, 2.45) is 4.99 Å². The highest BCUT2D eigenvalue weighted by Gasteiger charge is 2.39. The van der Waals surface area contributed by atoms with E-state index in [9.17, 15) is 17.6 Å². The summed E-state index contributed by atoms with van der Waals surface area (Å²) in [5, 5.41) is 2.56. The summed E-state index contributed by atoms with van der Waals surface area (Å²) in [6.45, 7) is 1.98. The molecule has 3 aromatic rings. The fourth-order valence-corrected chi connectivity index (χ4v) is 5.14. The average Bonchev–Trinajstić information content (AvgIpc) is 3.17. The number of nitrogens with one attached hydrogen (secondary N) is 1. The van der Waals surface area contributed by atoms with Crippen molar-refractivity contribution in [2.45, 2.75) is 25.1 Å². The maximum absolute atomic E-state index is 13.5. The zero-order valence-corrected chi connectivity index (χ0v) is 21.7. The number of nitrogens with zero attached hydrogens (tertiary/aromatic N) is 4. The molecule has 1 N–H and O–H groups in total.